The lowest BCUT2D eigenvalue weighted by Crippen LogP contribution is -2.20. The number of nitrogens with zero attached hydrogens (tertiary/aromatic N) is 1. The van der Waals surface area contributed by atoms with Crippen LogP contribution >= 0.6 is 0 Å². The van der Waals surface area contributed by atoms with E-state index in [0.29, 0.717) is 23.7 Å². The van der Waals surface area contributed by atoms with Crippen molar-refractivity contribution in [1.29, 1.82) is 0 Å². The number of ether oxygens (including phenoxy) is 2. The molecule has 1 unspecified atom stereocenters. The fourth-order valence-corrected chi connectivity index (χ4v) is 2.35. The Bertz CT molecular complexity index is 509. The number of methoxy groups -OCH3 is 1. The molecule has 6 nitrogen and oxygen atoms in total. The van der Waals surface area contributed by atoms with Crippen molar-refractivity contribution in [3.05, 3.63) is 29.8 Å². The highest BCUT2D eigenvalue weighted by Gasteiger charge is 2.20. The number of rotatable bonds is 5. The average Bonchev–Trinajstić information content (AvgIpc) is 3.01. The van der Waals surface area contributed by atoms with Gasteiger partial charge in [-0.05, 0) is 35.4 Å². The maximum atomic E-state index is 11.8. The second kappa shape index (κ2) is 7.44. The number of hydrogen-bond donors (Lipinski definition) is 0. The summed E-state index contributed by atoms with van der Waals surface area (Å²) in [5.74, 6) is -0.584. The van der Waals surface area contributed by atoms with Gasteiger partial charge >= 0.3 is 5.97 Å². The van der Waals surface area contributed by atoms with Crippen molar-refractivity contribution in [2.24, 2.45) is 5.16 Å². The zero-order chi connectivity index (χ0) is 15.2. The Kier molecular flexibility index (Phi) is 5.60. The smallest absolute Gasteiger partial charge is 0.360 e. The normalized spacial score (nSPS) is 20.1. The highest BCUT2D eigenvalue weighted by molar-refractivity contribution is 7.90. The van der Waals surface area contributed by atoms with Gasteiger partial charge in [0, 0.05) is 12.0 Å². The summed E-state index contributed by atoms with van der Waals surface area (Å²) in [5.41, 5.74) is 0.632. The van der Waals surface area contributed by atoms with E-state index in [-0.39, 0.29) is 11.8 Å². The van der Waals surface area contributed by atoms with Gasteiger partial charge in [0.05, 0.1) is 20.3 Å². The Morgan fingerprint density at radius 3 is 2.67 bits per heavy atom. The molecule has 0 N–H and O–H groups in total. The molecule has 114 valence electrons. The van der Waals surface area contributed by atoms with Crippen molar-refractivity contribution in [3.8, 4) is 0 Å². The minimum absolute atomic E-state index is 0.0813. The molecule has 0 aliphatic carbocycles. The van der Waals surface area contributed by atoms with E-state index in [0.717, 1.165) is 6.42 Å². The zero-order valence-electron chi connectivity index (χ0n) is 11.9. The lowest BCUT2D eigenvalue weighted by molar-refractivity contribution is -0.132. The van der Waals surface area contributed by atoms with Crippen LogP contribution in [0.2, 0.25) is 0 Å². The molecular weight excluding hydrogens is 294 g/mol. The van der Waals surface area contributed by atoms with Gasteiger partial charge in [-0.25, -0.2) is 4.79 Å². The topological polar surface area (TPSA) is 80.2 Å². The summed E-state index contributed by atoms with van der Waals surface area (Å²) < 4.78 is 21.3. The number of hydrogen-bond acceptors (Lipinski definition) is 6. The van der Waals surface area contributed by atoms with Crippen LogP contribution in [0.4, 0.5) is 0 Å². The molecule has 0 saturated carbocycles. The number of esters is 1. The van der Waals surface area contributed by atoms with Crippen LogP contribution < -0.4 is 0 Å². The van der Waals surface area contributed by atoms with E-state index in [1.165, 1.54) is 7.11 Å². The lowest BCUT2D eigenvalue weighted by atomic mass is 10.1. The zero-order valence-corrected chi connectivity index (χ0v) is 12.7. The summed E-state index contributed by atoms with van der Waals surface area (Å²) in [6.45, 7) is 1.09. The molecule has 1 fully saturated rings. The van der Waals surface area contributed by atoms with Gasteiger partial charge in [0.25, 0.3) is 0 Å². The van der Waals surface area contributed by atoms with Crippen molar-refractivity contribution in [1.82, 2.24) is 0 Å². The minimum atomic E-state index is -1.07. The van der Waals surface area contributed by atoms with Gasteiger partial charge in [-0.2, -0.15) is 0 Å². The minimum Gasteiger partial charge on any atom is -0.612 e. The van der Waals surface area contributed by atoms with Gasteiger partial charge in [-0.1, -0.05) is 5.16 Å². The predicted octanol–water partition coefficient (Wildman–Crippen LogP) is 1.11. The van der Waals surface area contributed by atoms with Crippen LogP contribution in [-0.2, 0) is 30.3 Å². The predicted molar refractivity (Wildman–Crippen MR) is 77.6 cm³/mol. The number of carbonyl (C=O) groups excluding carboxylic acids is 1. The number of benzene rings is 1. The molecule has 1 aliphatic heterocycles. The fraction of sp³-hybridized carbons (Fsp3) is 0.429. The molecule has 21 heavy (non-hydrogen) atoms. The Hall–Kier alpha value is -1.57. The Labute approximate surface area is 126 Å². The second-order valence-corrected chi connectivity index (χ2v) is 5.88. The van der Waals surface area contributed by atoms with Crippen molar-refractivity contribution in [2.45, 2.75) is 17.4 Å². The molecule has 7 heteroatoms. The fourth-order valence-electron chi connectivity index (χ4n) is 1.83. The Morgan fingerprint density at radius 2 is 2.14 bits per heavy atom. The average molecular weight is 311 g/mol. The molecule has 1 aromatic rings. The monoisotopic (exact) mass is 311 g/mol. The molecule has 1 heterocycles. The van der Waals surface area contributed by atoms with Crippen molar-refractivity contribution < 1.29 is 23.7 Å². The van der Waals surface area contributed by atoms with Gasteiger partial charge in [-0.15, -0.1) is 0 Å². The SMILES string of the molecule is COC(=O)/C(=N/O[C@@H]1CCOC1)c1ccc([S+](C)[O-])cc1. The van der Waals surface area contributed by atoms with Gasteiger partial charge in [0.2, 0.25) is 0 Å². The molecule has 2 atom stereocenters. The van der Waals surface area contributed by atoms with Crippen LogP contribution in [0.15, 0.2) is 34.3 Å². The van der Waals surface area contributed by atoms with Crippen molar-refractivity contribution in [2.75, 3.05) is 26.6 Å². The van der Waals surface area contributed by atoms with Crippen LogP contribution in [0.3, 0.4) is 0 Å². The first-order valence-corrected chi connectivity index (χ1v) is 8.01. The quantitative estimate of drug-likeness (QED) is 0.352. The van der Waals surface area contributed by atoms with E-state index in [9.17, 15) is 9.35 Å². The third-order valence-electron chi connectivity index (χ3n) is 3.02. The van der Waals surface area contributed by atoms with E-state index in [1.54, 1.807) is 30.5 Å². The summed E-state index contributed by atoms with van der Waals surface area (Å²) >= 11 is -1.07. The third-order valence-corrected chi connectivity index (χ3v) is 3.96. The largest absolute Gasteiger partial charge is 0.612 e. The Balaban J connectivity index is 2.18. The van der Waals surface area contributed by atoms with Gasteiger partial charge in [-0.3, -0.25) is 0 Å². The summed E-state index contributed by atoms with van der Waals surface area (Å²) in [6.07, 6.45) is 2.19. The number of oxime groups is 1. The molecule has 1 saturated heterocycles. The van der Waals surface area contributed by atoms with Crippen LogP contribution in [0, 0.1) is 0 Å². The first kappa shape index (κ1) is 15.8. The molecule has 0 bridgehead atoms. The van der Waals surface area contributed by atoms with Crippen LogP contribution in [0.1, 0.15) is 12.0 Å². The molecule has 0 radical (unpaired) electrons. The molecular formula is C14H17NO5S. The lowest BCUT2D eigenvalue weighted by Gasteiger charge is -2.09. The second-order valence-electron chi connectivity index (χ2n) is 4.50. The van der Waals surface area contributed by atoms with Crippen molar-refractivity contribution in [3.63, 3.8) is 0 Å². The van der Waals surface area contributed by atoms with Crippen LogP contribution in [0.25, 0.3) is 0 Å². The molecule has 0 spiro atoms. The maximum Gasteiger partial charge on any atom is 0.360 e. The first-order chi connectivity index (χ1) is 10.1. The maximum absolute atomic E-state index is 11.8. The van der Waals surface area contributed by atoms with Gasteiger partial charge in [0.1, 0.15) is 6.26 Å². The van der Waals surface area contributed by atoms with E-state index >= 15 is 0 Å². The summed E-state index contributed by atoms with van der Waals surface area (Å²) in [7, 11) is 1.28. The highest BCUT2D eigenvalue weighted by Crippen LogP contribution is 2.13. The third kappa shape index (κ3) is 4.20. The standard InChI is InChI=1S/C14H17NO5S/c1-18-14(16)13(15-20-11-7-8-19-9-11)10-3-5-12(6-4-10)21(2)17/h3-6,11H,7-9H2,1-2H3/b15-13+/t11-,21?/m1/s1. The number of carbonyl (C=O) groups is 1. The van der Waals surface area contributed by atoms with Crippen LogP contribution in [-0.4, -0.2) is 48.9 Å². The molecule has 2 rings (SSSR count). The highest BCUT2D eigenvalue weighted by atomic mass is 32.2. The Morgan fingerprint density at radius 1 is 1.43 bits per heavy atom. The summed E-state index contributed by atoms with van der Waals surface area (Å²) in [6, 6.07) is 6.70. The molecule has 1 aromatic carbocycles. The van der Waals surface area contributed by atoms with Crippen molar-refractivity contribution >= 4 is 22.9 Å². The summed E-state index contributed by atoms with van der Waals surface area (Å²) in [5, 5.41) is 3.91. The van der Waals surface area contributed by atoms with Gasteiger partial charge < -0.3 is 18.9 Å². The van der Waals surface area contributed by atoms with E-state index in [2.05, 4.69) is 5.16 Å². The first-order valence-electron chi connectivity index (χ1n) is 6.45. The molecule has 0 aromatic heterocycles. The molecule has 1 aliphatic rings. The van der Waals surface area contributed by atoms with Gasteiger partial charge in [0.15, 0.2) is 16.7 Å². The van der Waals surface area contributed by atoms with Crippen LogP contribution in [0.5, 0.6) is 0 Å². The van der Waals surface area contributed by atoms with E-state index < -0.39 is 17.1 Å². The van der Waals surface area contributed by atoms with E-state index in [1.807, 2.05) is 0 Å². The summed E-state index contributed by atoms with van der Waals surface area (Å²) in [4.78, 5) is 17.8. The molecule has 0 amide bonds. The van der Waals surface area contributed by atoms with E-state index in [4.69, 9.17) is 14.3 Å².